The smallest absolute Gasteiger partial charge is 0.262 e. The van der Waals surface area contributed by atoms with Crippen molar-refractivity contribution in [2.24, 2.45) is 0 Å². The van der Waals surface area contributed by atoms with Gasteiger partial charge < -0.3 is 19.8 Å². The molecule has 0 fully saturated rings. The number of hydrogen-bond donors (Lipinski definition) is 2. The molecular weight excluding hydrogens is 520 g/mol. The maximum Gasteiger partial charge on any atom is 0.262 e. The molecule has 1 amide bonds. The molecule has 0 saturated carbocycles. The summed E-state index contributed by atoms with van der Waals surface area (Å²) >= 11 is 3.41. The molecule has 0 atom stereocenters. The van der Waals surface area contributed by atoms with E-state index in [-0.39, 0.29) is 12.5 Å². The lowest BCUT2D eigenvalue weighted by Crippen LogP contribution is -2.20. The number of halogens is 1. The van der Waals surface area contributed by atoms with Crippen molar-refractivity contribution in [1.29, 1.82) is 5.26 Å². The molecular formula is C28H25BrN4O3. The summed E-state index contributed by atoms with van der Waals surface area (Å²) in [7, 11) is 0. The molecule has 7 nitrogen and oxygen atoms in total. The van der Waals surface area contributed by atoms with E-state index in [9.17, 15) is 10.1 Å². The number of aromatic nitrogens is 2. The van der Waals surface area contributed by atoms with E-state index in [0.717, 1.165) is 32.2 Å². The van der Waals surface area contributed by atoms with E-state index in [0.29, 0.717) is 35.2 Å². The summed E-state index contributed by atoms with van der Waals surface area (Å²) in [6.45, 7) is 6.18. The summed E-state index contributed by atoms with van der Waals surface area (Å²) in [6, 6.07) is 18.9. The first-order chi connectivity index (χ1) is 17.4. The standard InChI is InChI=1S/C28H25BrN4O3/c1-4-35-26-14-19(9-10-25(26)36-16-27(34)31-22-8-6-5-7-21(22)29)13-20(15-30)28-32-23-11-17(2)18(3)12-24(23)33-28/h5-14H,4,16H2,1-3H3,(H,31,34)(H,32,33)/b20-13+. The monoisotopic (exact) mass is 544 g/mol. The SMILES string of the molecule is CCOc1cc(/C=C(\C#N)c2nc3cc(C)c(C)cc3[nH]2)ccc1OCC(=O)Nc1ccccc1Br. The van der Waals surface area contributed by atoms with Gasteiger partial charge in [-0.2, -0.15) is 5.26 Å². The van der Waals surface area contributed by atoms with Gasteiger partial charge in [0, 0.05) is 4.47 Å². The fourth-order valence-corrected chi connectivity index (χ4v) is 4.00. The Morgan fingerprint density at radius 1 is 1.11 bits per heavy atom. The van der Waals surface area contributed by atoms with Crippen LogP contribution in [0.1, 0.15) is 29.4 Å². The number of amides is 1. The largest absolute Gasteiger partial charge is 0.490 e. The topological polar surface area (TPSA) is 100 Å². The zero-order valence-corrected chi connectivity index (χ0v) is 21.8. The molecule has 0 radical (unpaired) electrons. The second-order valence-corrected chi connectivity index (χ2v) is 9.02. The molecule has 1 aromatic heterocycles. The molecule has 0 aliphatic heterocycles. The number of nitriles is 1. The molecule has 3 aromatic carbocycles. The van der Waals surface area contributed by atoms with Crippen LogP contribution in [-0.4, -0.2) is 29.1 Å². The van der Waals surface area contributed by atoms with Gasteiger partial charge in [0.1, 0.15) is 11.9 Å². The van der Waals surface area contributed by atoms with E-state index in [2.05, 4.69) is 37.3 Å². The van der Waals surface area contributed by atoms with Crippen molar-refractivity contribution in [1.82, 2.24) is 9.97 Å². The van der Waals surface area contributed by atoms with Crippen molar-refractivity contribution in [3.63, 3.8) is 0 Å². The van der Waals surface area contributed by atoms with Crippen LogP contribution in [0.4, 0.5) is 5.69 Å². The molecule has 0 aliphatic carbocycles. The average molecular weight is 545 g/mol. The third-order valence-electron chi connectivity index (χ3n) is 5.56. The van der Waals surface area contributed by atoms with Crippen molar-refractivity contribution in [2.75, 3.05) is 18.5 Å². The van der Waals surface area contributed by atoms with Crippen LogP contribution in [0.2, 0.25) is 0 Å². The first-order valence-electron chi connectivity index (χ1n) is 11.4. The predicted octanol–water partition coefficient (Wildman–Crippen LogP) is 6.42. The van der Waals surface area contributed by atoms with Gasteiger partial charge in [0.25, 0.3) is 5.91 Å². The van der Waals surface area contributed by atoms with Gasteiger partial charge in [0.2, 0.25) is 0 Å². The summed E-state index contributed by atoms with van der Waals surface area (Å²) in [6.07, 6.45) is 1.74. The molecule has 8 heteroatoms. The highest BCUT2D eigenvalue weighted by Gasteiger charge is 2.13. The minimum absolute atomic E-state index is 0.183. The lowest BCUT2D eigenvalue weighted by atomic mass is 10.1. The number of para-hydroxylation sites is 1. The van der Waals surface area contributed by atoms with E-state index in [1.165, 1.54) is 0 Å². The van der Waals surface area contributed by atoms with Gasteiger partial charge in [0.05, 0.1) is 28.9 Å². The number of aromatic amines is 1. The van der Waals surface area contributed by atoms with Crippen molar-refractivity contribution < 1.29 is 14.3 Å². The number of benzene rings is 3. The molecule has 4 rings (SSSR count). The number of fused-ring (bicyclic) bond motifs is 1. The normalized spacial score (nSPS) is 11.2. The summed E-state index contributed by atoms with van der Waals surface area (Å²) in [5, 5.41) is 12.6. The van der Waals surface area contributed by atoms with Crippen LogP contribution in [0.5, 0.6) is 11.5 Å². The number of anilines is 1. The summed E-state index contributed by atoms with van der Waals surface area (Å²) in [5.74, 6) is 1.12. The van der Waals surface area contributed by atoms with Crippen LogP contribution in [0.15, 0.2) is 59.1 Å². The fourth-order valence-electron chi connectivity index (χ4n) is 3.61. The highest BCUT2D eigenvalue weighted by Crippen LogP contribution is 2.31. The molecule has 2 N–H and O–H groups in total. The van der Waals surface area contributed by atoms with Gasteiger partial charge in [-0.3, -0.25) is 4.79 Å². The predicted molar refractivity (Wildman–Crippen MR) is 145 cm³/mol. The Morgan fingerprint density at radius 2 is 1.89 bits per heavy atom. The second kappa shape index (κ2) is 11.1. The minimum Gasteiger partial charge on any atom is -0.490 e. The Kier molecular flexibility index (Phi) is 7.71. The second-order valence-electron chi connectivity index (χ2n) is 8.16. The lowest BCUT2D eigenvalue weighted by Gasteiger charge is -2.13. The molecule has 0 bridgehead atoms. The summed E-state index contributed by atoms with van der Waals surface area (Å²) < 4.78 is 12.3. The number of ether oxygens (including phenoxy) is 2. The first-order valence-corrected chi connectivity index (χ1v) is 12.2. The number of carbonyl (C=O) groups is 1. The number of nitrogens with one attached hydrogen (secondary N) is 2. The van der Waals surface area contributed by atoms with Crippen LogP contribution in [0.25, 0.3) is 22.7 Å². The number of carbonyl (C=O) groups excluding carboxylic acids is 1. The van der Waals surface area contributed by atoms with Gasteiger partial charge >= 0.3 is 0 Å². The Labute approximate surface area is 217 Å². The molecule has 0 aliphatic rings. The Hall–Kier alpha value is -4.09. The van der Waals surface area contributed by atoms with Crippen LogP contribution < -0.4 is 14.8 Å². The average Bonchev–Trinajstić information content (AvgIpc) is 3.26. The molecule has 182 valence electrons. The zero-order chi connectivity index (χ0) is 25.7. The van der Waals surface area contributed by atoms with Crippen LogP contribution in [-0.2, 0) is 4.79 Å². The molecule has 0 unspecified atom stereocenters. The van der Waals surface area contributed by atoms with Gasteiger partial charge in [0.15, 0.2) is 18.1 Å². The summed E-state index contributed by atoms with van der Waals surface area (Å²) in [5.41, 5.74) is 5.80. The Morgan fingerprint density at radius 3 is 2.64 bits per heavy atom. The van der Waals surface area contributed by atoms with E-state index in [1.54, 1.807) is 30.3 Å². The number of allylic oxidation sites excluding steroid dienone is 1. The molecule has 0 saturated heterocycles. The number of imidazole rings is 1. The Balaban J connectivity index is 1.54. The third-order valence-corrected chi connectivity index (χ3v) is 6.25. The lowest BCUT2D eigenvalue weighted by molar-refractivity contribution is -0.118. The highest BCUT2D eigenvalue weighted by atomic mass is 79.9. The van der Waals surface area contributed by atoms with Gasteiger partial charge in [-0.15, -0.1) is 0 Å². The number of hydrogen-bond acceptors (Lipinski definition) is 5. The number of aryl methyl sites for hydroxylation is 2. The first kappa shape index (κ1) is 25.0. The third kappa shape index (κ3) is 5.75. The van der Waals surface area contributed by atoms with Crippen LogP contribution in [0, 0.1) is 25.2 Å². The maximum atomic E-state index is 12.4. The maximum absolute atomic E-state index is 12.4. The van der Waals surface area contributed by atoms with E-state index < -0.39 is 0 Å². The van der Waals surface area contributed by atoms with Crippen LogP contribution >= 0.6 is 15.9 Å². The molecule has 4 aromatic rings. The van der Waals surface area contributed by atoms with Gasteiger partial charge in [-0.05, 0) is 95.9 Å². The van der Waals surface area contributed by atoms with Gasteiger partial charge in [-0.1, -0.05) is 18.2 Å². The summed E-state index contributed by atoms with van der Waals surface area (Å²) in [4.78, 5) is 20.2. The molecule has 1 heterocycles. The van der Waals surface area contributed by atoms with E-state index >= 15 is 0 Å². The Bertz CT molecular complexity index is 1460. The van der Waals surface area contributed by atoms with Crippen molar-refractivity contribution >= 4 is 50.2 Å². The van der Waals surface area contributed by atoms with E-state index in [4.69, 9.17) is 9.47 Å². The zero-order valence-electron chi connectivity index (χ0n) is 20.2. The van der Waals surface area contributed by atoms with Crippen LogP contribution in [0.3, 0.4) is 0 Å². The number of H-pyrrole nitrogens is 1. The number of nitrogens with zero attached hydrogens (tertiary/aromatic N) is 2. The molecule has 36 heavy (non-hydrogen) atoms. The fraction of sp³-hybridized carbons (Fsp3) is 0.179. The van der Waals surface area contributed by atoms with Crippen molar-refractivity contribution in [3.8, 4) is 17.6 Å². The van der Waals surface area contributed by atoms with Crippen molar-refractivity contribution in [3.05, 3.63) is 81.6 Å². The number of rotatable bonds is 8. The molecule has 0 spiro atoms. The minimum atomic E-state index is -0.296. The van der Waals surface area contributed by atoms with Gasteiger partial charge in [-0.25, -0.2) is 4.98 Å². The van der Waals surface area contributed by atoms with E-state index in [1.807, 2.05) is 51.1 Å². The highest BCUT2D eigenvalue weighted by molar-refractivity contribution is 9.10. The van der Waals surface area contributed by atoms with Crippen molar-refractivity contribution in [2.45, 2.75) is 20.8 Å². The quantitative estimate of drug-likeness (QED) is 0.249.